The van der Waals surface area contributed by atoms with E-state index in [2.05, 4.69) is 39.9 Å². The molecule has 0 spiro atoms. The van der Waals surface area contributed by atoms with Crippen molar-refractivity contribution in [3.8, 4) is 0 Å². The first kappa shape index (κ1) is 15.9. The minimum Gasteiger partial charge on any atom is -0.377 e. The third-order valence-electron chi connectivity index (χ3n) is 3.15. The van der Waals surface area contributed by atoms with E-state index < -0.39 is 0 Å². The molecule has 1 N–H and O–H groups in total. The van der Waals surface area contributed by atoms with Crippen LogP contribution in [0.2, 0.25) is 0 Å². The topological polar surface area (TPSA) is 21.3 Å². The number of nitrogens with one attached hydrogen (secondary N) is 1. The van der Waals surface area contributed by atoms with Crippen molar-refractivity contribution in [1.82, 2.24) is 5.32 Å². The van der Waals surface area contributed by atoms with E-state index in [1.807, 2.05) is 0 Å². The second kappa shape index (κ2) is 9.00. The van der Waals surface area contributed by atoms with Crippen LogP contribution in [0.3, 0.4) is 0 Å². The monoisotopic (exact) mass is 229 g/mol. The predicted molar refractivity (Wildman–Crippen MR) is 71.9 cm³/mol. The van der Waals surface area contributed by atoms with Crippen molar-refractivity contribution in [2.75, 3.05) is 13.2 Å². The molecule has 0 aliphatic heterocycles. The molecule has 0 aliphatic carbocycles. The van der Waals surface area contributed by atoms with Gasteiger partial charge in [0.25, 0.3) is 0 Å². The number of hydrogen-bond acceptors (Lipinski definition) is 2. The lowest BCUT2D eigenvalue weighted by atomic mass is 10.0. The Balaban J connectivity index is 3.41. The smallest absolute Gasteiger partial charge is 0.0671 e. The van der Waals surface area contributed by atoms with E-state index in [0.29, 0.717) is 6.10 Å². The molecule has 0 aromatic rings. The predicted octanol–water partition coefficient (Wildman–Crippen LogP) is 3.75. The Hall–Kier alpha value is -0.0800. The lowest BCUT2D eigenvalue weighted by Gasteiger charge is -2.26. The van der Waals surface area contributed by atoms with Gasteiger partial charge in [-0.15, -0.1) is 0 Å². The van der Waals surface area contributed by atoms with Crippen LogP contribution in [-0.2, 0) is 4.74 Å². The summed E-state index contributed by atoms with van der Waals surface area (Å²) in [6.45, 7) is 12.9. The van der Waals surface area contributed by atoms with Gasteiger partial charge in [-0.25, -0.2) is 0 Å². The molecule has 0 radical (unpaired) electrons. The van der Waals surface area contributed by atoms with Crippen LogP contribution in [0.25, 0.3) is 0 Å². The van der Waals surface area contributed by atoms with Gasteiger partial charge in [-0.1, -0.05) is 33.1 Å². The average Bonchev–Trinajstić information content (AvgIpc) is 2.26. The zero-order chi connectivity index (χ0) is 12.4. The van der Waals surface area contributed by atoms with Crippen molar-refractivity contribution in [3.05, 3.63) is 0 Å². The summed E-state index contributed by atoms with van der Waals surface area (Å²) in [5.41, 5.74) is 0.236. The molecule has 0 aliphatic rings. The summed E-state index contributed by atoms with van der Waals surface area (Å²) >= 11 is 0. The quantitative estimate of drug-likeness (QED) is 0.576. The van der Waals surface area contributed by atoms with Crippen molar-refractivity contribution < 1.29 is 4.74 Å². The van der Waals surface area contributed by atoms with E-state index in [1.165, 1.54) is 25.7 Å². The SMILES string of the molecule is CCCCCCOC(C)CNC(C)(C)CC. The highest BCUT2D eigenvalue weighted by molar-refractivity contribution is 4.76. The molecule has 0 amide bonds. The van der Waals surface area contributed by atoms with Crippen LogP contribution in [0.5, 0.6) is 0 Å². The Bertz CT molecular complexity index is 157. The van der Waals surface area contributed by atoms with E-state index in [1.54, 1.807) is 0 Å². The van der Waals surface area contributed by atoms with Crippen LogP contribution in [0.15, 0.2) is 0 Å². The van der Waals surface area contributed by atoms with Crippen LogP contribution in [0.1, 0.15) is 66.7 Å². The number of rotatable bonds is 10. The Morgan fingerprint density at radius 1 is 1.12 bits per heavy atom. The maximum atomic E-state index is 5.77. The number of ether oxygens (including phenoxy) is 1. The Labute approximate surface area is 102 Å². The standard InChI is InChI=1S/C14H31NO/c1-6-8-9-10-11-16-13(3)12-15-14(4,5)7-2/h13,15H,6-12H2,1-5H3. The Morgan fingerprint density at radius 3 is 2.38 bits per heavy atom. The Kier molecular flexibility index (Phi) is 8.96. The molecule has 0 heterocycles. The molecule has 0 aromatic heterocycles. The molecular formula is C14H31NO. The normalized spacial score (nSPS) is 14.1. The molecule has 1 atom stereocenters. The van der Waals surface area contributed by atoms with Gasteiger partial charge in [0.15, 0.2) is 0 Å². The van der Waals surface area contributed by atoms with Crippen LogP contribution in [-0.4, -0.2) is 24.8 Å². The van der Waals surface area contributed by atoms with Gasteiger partial charge in [0, 0.05) is 18.7 Å². The van der Waals surface area contributed by atoms with Crippen molar-refractivity contribution in [3.63, 3.8) is 0 Å². The second-order valence-corrected chi connectivity index (χ2v) is 5.36. The molecule has 16 heavy (non-hydrogen) atoms. The van der Waals surface area contributed by atoms with E-state index in [-0.39, 0.29) is 5.54 Å². The summed E-state index contributed by atoms with van der Waals surface area (Å²) < 4.78 is 5.77. The maximum Gasteiger partial charge on any atom is 0.0671 e. The third kappa shape index (κ3) is 9.17. The summed E-state index contributed by atoms with van der Waals surface area (Å²) in [6.07, 6.45) is 6.61. The molecule has 0 aromatic carbocycles. The highest BCUT2D eigenvalue weighted by atomic mass is 16.5. The van der Waals surface area contributed by atoms with Gasteiger partial charge in [0.1, 0.15) is 0 Å². The highest BCUT2D eigenvalue weighted by Crippen LogP contribution is 2.07. The Morgan fingerprint density at radius 2 is 1.81 bits per heavy atom. The summed E-state index contributed by atoms with van der Waals surface area (Å²) in [4.78, 5) is 0. The fraction of sp³-hybridized carbons (Fsp3) is 1.00. The van der Waals surface area contributed by atoms with Crippen LogP contribution >= 0.6 is 0 Å². The molecule has 0 bridgehead atoms. The zero-order valence-electron chi connectivity index (χ0n) is 11.9. The summed E-state index contributed by atoms with van der Waals surface area (Å²) in [5, 5.41) is 3.54. The third-order valence-corrected chi connectivity index (χ3v) is 3.15. The average molecular weight is 229 g/mol. The minimum atomic E-state index is 0.236. The van der Waals surface area contributed by atoms with Gasteiger partial charge in [0.05, 0.1) is 6.10 Å². The molecule has 1 unspecified atom stereocenters. The first-order valence-corrected chi connectivity index (χ1v) is 6.88. The maximum absolute atomic E-state index is 5.77. The molecule has 2 heteroatoms. The van der Waals surface area contributed by atoms with Gasteiger partial charge >= 0.3 is 0 Å². The first-order valence-electron chi connectivity index (χ1n) is 6.88. The summed E-state index contributed by atoms with van der Waals surface area (Å²) in [7, 11) is 0. The zero-order valence-corrected chi connectivity index (χ0v) is 11.9. The minimum absolute atomic E-state index is 0.236. The number of unbranched alkanes of at least 4 members (excludes halogenated alkanes) is 3. The van der Waals surface area contributed by atoms with Gasteiger partial charge < -0.3 is 10.1 Å². The van der Waals surface area contributed by atoms with E-state index in [9.17, 15) is 0 Å². The van der Waals surface area contributed by atoms with E-state index in [4.69, 9.17) is 4.74 Å². The fourth-order valence-electron chi connectivity index (χ4n) is 1.42. The molecule has 0 rings (SSSR count). The van der Waals surface area contributed by atoms with Crippen LogP contribution in [0, 0.1) is 0 Å². The largest absolute Gasteiger partial charge is 0.377 e. The fourth-order valence-corrected chi connectivity index (χ4v) is 1.42. The lowest BCUT2D eigenvalue weighted by Crippen LogP contribution is -2.42. The van der Waals surface area contributed by atoms with Gasteiger partial charge in [-0.2, -0.15) is 0 Å². The number of hydrogen-bond donors (Lipinski definition) is 1. The summed E-state index contributed by atoms with van der Waals surface area (Å²) in [6, 6.07) is 0. The van der Waals surface area contributed by atoms with Gasteiger partial charge in [0.2, 0.25) is 0 Å². The van der Waals surface area contributed by atoms with Crippen molar-refractivity contribution in [1.29, 1.82) is 0 Å². The van der Waals surface area contributed by atoms with Crippen LogP contribution < -0.4 is 5.32 Å². The van der Waals surface area contributed by atoms with E-state index in [0.717, 1.165) is 19.6 Å². The highest BCUT2D eigenvalue weighted by Gasteiger charge is 2.14. The summed E-state index contributed by atoms with van der Waals surface area (Å²) in [5.74, 6) is 0. The first-order chi connectivity index (χ1) is 7.52. The molecule has 0 saturated heterocycles. The molecule has 0 saturated carbocycles. The molecule has 0 fully saturated rings. The van der Waals surface area contributed by atoms with Gasteiger partial charge in [-0.3, -0.25) is 0 Å². The molecule has 98 valence electrons. The van der Waals surface area contributed by atoms with Crippen molar-refractivity contribution in [2.24, 2.45) is 0 Å². The van der Waals surface area contributed by atoms with Crippen molar-refractivity contribution in [2.45, 2.75) is 78.4 Å². The van der Waals surface area contributed by atoms with Crippen molar-refractivity contribution >= 4 is 0 Å². The molecular weight excluding hydrogens is 198 g/mol. The van der Waals surface area contributed by atoms with Gasteiger partial charge in [-0.05, 0) is 33.6 Å². The second-order valence-electron chi connectivity index (χ2n) is 5.36. The van der Waals surface area contributed by atoms with Crippen LogP contribution in [0.4, 0.5) is 0 Å². The van der Waals surface area contributed by atoms with E-state index >= 15 is 0 Å². The lowest BCUT2D eigenvalue weighted by molar-refractivity contribution is 0.0579. The molecule has 2 nitrogen and oxygen atoms in total.